The topological polar surface area (TPSA) is 158 Å². The predicted molar refractivity (Wildman–Crippen MR) is 170 cm³/mol. The molecule has 0 aliphatic carbocycles. The van der Waals surface area contributed by atoms with Gasteiger partial charge in [-0.2, -0.15) is 0 Å². The Morgan fingerprint density at radius 3 is 2.09 bits per heavy atom. The van der Waals surface area contributed by atoms with Gasteiger partial charge in [0.2, 0.25) is 10.0 Å². The minimum Gasteiger partial charge on any atom is -0.381 e. The summed E-state index contributed by atoms with van der Waals surface area (Å²) < 4.78 is 25.7. The molecule has 0 saturated heterocycles. The molecule has 13 heteroatoms. The zero-order valence-electron chi connectivity index (χ0n) is 24.3. The highest BCUT2D eigenvalue weighted by Gasteiger charge is 2.30. The van der Waals surface area contributed by atoms with Crippen LogP contribution in [-0.4, -0.2) is 61.7 Å². The molecule has 3 amide bonds. The Bertz CT molecular complexity index is 1700. The molecule has 0 aliphatic rings. The molecule has 44 heavy (non-hydrogen) atoms. The zero-order valence-corrected chi connectivity index (χ0v) is 25.9. The third kappa shape index (κ3) is 8.49. The molecule has 0 spiro atoms. The number of carbonyl (C=O) groups is 3. The normalized spacial score (nSPS) is 13.3. The Balaban J connectivity index is 1.64. The fraction of sp³-hybridized carbons (Fsp3) is 0.226. The van der Waals surface area contributed by atoms with E-state index < -0.39 is 39.9 Å². The summed E-state index contributed by atoms with van der Waals surface area (Å²) in [6, 6.07) is 20.9. The number of carbonyl (C=O) groups excluding carboxylic acids is 3. The van der Waals surface area contributed by atoms with Gasteiger partial charge in [-0.25, -0.2) is 13.4 Å². The molecular weight excluding hydrogens is 603 g/mol. The first-order chi connectivity index (χ1) is 20.9. The van der Waals surface area contributed by atoms with E-state index in [4.69, 9.17) is 0 Å². The molecule has 4 rings (SSSR count). The van der Waals surface area contributed by atoms with Crippen molar-refractivity contribution in [2.24, 2.45) is 0 Å². The van der Waals surface area contributed by atoms with Crippen molar-refractivity contribution in [3.8, 4) is 0 Å². The van der Waals surface area contributed by atoms with Crippen LogP contribution in [0.25, 0.3) is 0 Å². The van der Waals surface area contributed by atoms with Gasteiger partial charge < -0.3 is 15.7 Å². The summed E-state index contributed by atoms with van der Waals surface area (Å²) in [5.41, 5.74) is 1.70. The molecule has 0 aliphatic heterocycles. The predicted octanol–water partition coefficient (Wildman–Crippen LogP) is 3.37. The van der Waals surface area contributed by atoms with Crippen molar-refractivity contribution in [1.82, 2.24) is 15.6 Å². The Labute approximate surface area is 260 Å². The van der Waals surface area contributed by atoms with Gasteiger partial charge in [-0.05, 0) is 42.7 Å². The molecule has 4 aromatic rings. The van der Waals surface area contributed by atoms with Crippen LogP contribution in [0.5, 0.6) is 0 Å². The maximum atomic E-state index is 13.7. The monoisotopic (exact) mass is 635 g/mol. The van der Waals surface area contributed by atoms with Crippen LogP contribution in [0.15, 0.2) is 90.4 Å². The SMILES string of the molecule is C[C@@H](NC(=O)c1cc(C(=O)N[C@@H](Cc2ccccc2)[C@@H](O)C(=O)Nc2nccs2)cc(N(C)S(C)(=O)=O)c1)c1ccccc1. The largest absolute Gasteiger partial charge is 0.381 e. The second-order valence-electron chi connectivity index (χ2n) is 10.1. The van der Waals surface area contributed by atoms with E-state index in [9.17, 15) is 27.9 Å². The highest BCUT2D eigenvalue weighted by atomic mass is 32.2. The van der Waals surface area contributed by atoms with Crippen molar-refractivity contribution in [2.75, 3.05) is 22.9 Å². The van der Waals surface area contributed by atoms with E-state index in [2.05, 4.69) is 20.9 Å². The van der Waals surface area contributed by atoms with Crippen molar-refractivity contribution in [1.29, 1.82) is 0 Å². The number of nitrogens with zero attached hydrogens (tertiary/aromatic N) is 2. The van der Waals surface area contributed by atoms with Gasteiger partial charge in [0, 0.05) is 29.8 Å². The Kier molecular flexibility index (Phi) is 10.5. The number of sulfonamides is 1. The molecule has 1 heterocycles. The molecule has 0 radical (unpaired) electrons. The summed E-state index contributed by atoms with van der Waals surface area (Å²) in [6.07, 6.45) is 0.943. The number of hydrogen-bond donors (Lipinski definition) is 4. The number of hydrogen-bond acceptors (Lipinski definition) is 8. The first kappa shape index (κ1) is 32.3. The average molecular weight is 636 g/mol. The van der Waals surface area contributed by atoms with E-state index in [1.165, 1.54) is 42.8 Å². The molecule has 3 aromatic carbocycles. The van der Waals surface area contributed by atoms with Crippen LogP contribution in [0.3, 0.4) is 0 Å². The lowest BCUT2D eigenvalue weighted by atomic mass is 9.99. The van der Waals surface area contributed by atoms with Crippen LogP contribution >= 0.6 is 11.3 Å². The van der Waals surface area contributed by atoms with Crippen LogP contribution in [0.1, 0.15) is 44.8 Å². The van der Waals surface area contributed by atoms with Crippen LogP contribution in [0.2, 0.25) is 0 Å². The number of rotatable bonds is 12. The number of amides is 3. The lowest BCUT2D eigenvalue weighted by molar-refractivity contribution is -0.125. The van der Waals surface area contributed by atoms with E-state index >= 15 is 0 Å². The lowest BCUT2D eigenvalue weighted by Gasteiger charge is -2.24. The van der Waals surface area contributed by atoms with Gasteiger partial charge in [-0.3, -0.25) is 24.0 Å². The van der Waals surface area contributed by atoms with Gasteiger partial charge in [-0.15, -0.1) is 11.3 Å². The Morgan fingerprint density at radius 1 is 0.932 bits per heavy atom. The average Bonchev–Trinajstić information content (AvgIpc) is 3.53. The number of thiazole rings is 1. The summed E-state index contributed by atoms with van der Waals surface area (Å²) in [5, 5.41) is 21.1. The Hall–Kier alpha value is -4.59. The van der Waals surface area contributed by atoms with Crippen LogP contribution in [0, 0.1) is 0 Å². The summed E-state index contributed by atoms with van der Waals surface area (Å²) in [7, 11) is -2.44. The fourth-order valence-electron chi connectivity index (χ4n) is 4.36. The maximum Gasteiger partial charge on any atom is 0.257 e. The molecule has 0 fully saturated rings. The van der Waals surface area contributed by atoms with Crippen LogP contribution in [-0.2, 0) is 21.2 Å². The highest BCUT2D eigenvalue weighted by molar-refractivity contribution is 7.92. The van der Waals surface area contributed by atoms with Gasteiger partial charge in [0.1, 0.15) is 0 Å². The van der Waals surface area contributed by atoms with Gasteiger partial charge >= 0.3 is 0 Å². The van der Waals surface area contributed by atoms with Crippen molar-refractivity contribution in [3.63, 3.8) is 0 Å². The van der Waals surface area contributed by atoms with E-state index in [-0.39, 0.29) is 34.4 Å². The molecule has 4 N–H and O–H groups in total. The zero-order chi connectivity index (χ0) is 31.9. The summed E-state index contributed by atoms with van der Waals surface area (Å²) in [6.45, 7) is 1.81. The summed E-state index contributed by atoms with van der Waals surface area (Å²) in [4.78, 5) is 43.9. The van der Waals surface area contributed by atoms with E-state index in [1.54, 1.807) is 36.6 Å². The number of nitrogens with one attached hydrogen (secondary N) is 3. The van der Waals surface area contributed by atoms with Crippen molar-refractivity contribution >= 4 is 49.9 Å². The number of benzene rings is 3. The minimum absolute atomic E-state index is 0.0406. The lowest BCUT2D eigenvalue weighted by Crippen LogP contribution is -2.50. The third-order valence-corrected chi connectivity index (χ3v) is 8.77. The van der Waals surface area contributed by atoms with E-state index in [0.29, 0.717) is 0 Å². The molecule has 1 aromatic heterocycles. The van der Waals surface area contributed by atoms with Gasteiger partial charge in [0.15, 0.2) is 11.2 Å². The van der Waals surface area contributed by atoms with Crippen molar-refractivity contribution < 1.29 is 27.9 Å². The minimum atomic E-state index is -3.75. The molecule has 0 bridgehead atoms. The maximum absolute atomic E-state index is 13.7. The number of aliphatic hydroxyl groups excluding tert-OH is 1. The first-order valence-electron chi connectivity index (χ1n) is 13.6. The van der Waals surface area contributed by atoms with Crippen LogP contribution in [0.4, 0.5) is 10.8 Å². The van der Waals surface area contributed by atoms with E-state index in [1.807, 2.05) is 36.4 Å². The Morgan fingerprint density at radius 2 is 1.52 bits per heavy atom. The van der Waals surface area contributed by atoms with Crippen molar-refractivity contribution in [3.05, 3.63) is 113 Å². The molecule has 11 nitrogen and oxygen atoms in total. The highest BCUT2D eigenvalue weighted by Crippen LogP contribution is 2.23. The number of anilines is 2. The summed E-state index contributed by atoms with van der Waals surface area (Å²) >= 11 is 1.18. The number of aliphatic hydroxyl groups is 1. The molecular formula is C31H33N5O6S2. The second-order valence-corrected chi connectivity index (χ2v) is 13.1. The molecule has 0 saturated carbocycles. The molecule has 230 valence electrons. The first-order valence-corrected chi connectivity index (χ1v) is 16.3. The van der Waals surface area contributed by atoms with Crippen LogP contribution < -0.4 is 20.3 Å². The summed E-state index contributed by atoms with van der Waals surface area (Å²) in [5.74, 6) is -2.01. The van der Waals surface area contributed by atoms with Gasteiger partial charge in [-0.1, -0.05) is 60.7 Å². The second kappa shape index (κ2) is 14.3. The molecule has 0 unspecified atom stereocenters. The molecule has 3 atom stereocenters. The van der Waals surface area contributed by atoms with Gasteiger partial charge in [0.25, 0.3) is 17.7 Å². The van der Waals surface area contributed by atoms with Crippen molar-refractivity contribution in [2.45, 2.75) is 31.5 Å². The van der Waals surface area contributed by atoms with Gasteiger partial charge in [0.05, 0.1) is 24.0 Å². The fourth-order valence-corrected chi connectivity index (χ4v) is 5.38. The quantitative estimate of drug-likeness (QED) is 0.186. The smallest absolute Gasteiger partial charge is 0.257 e. The van der Waals surface area contributed by atoms with E-state index in [0.717, 1.165) is 21.7 Å². The third-order valence-electron chi connectivity index (χ3n) is 6.88. The number of aromatic nitrogens is 1. The standard InChI is InChI=1S/C31H33N5O6S2/c1-20(22-12-8-5-9-13-22)33-28(38)23-17-24(19-25(18-23)36(2)44(3,41)42)29(39)34-26(16-21-10-6-4-7-11-21)27(37)30(40)35-31-32-14-15-43-31/h4-15,17-20,26-27,37H,16H2,1-3H3,(H,33,38)(H,34,39)(H,32,35,40)/t20-,26+,27-/m1/s1.